The van der Waals surface area contributed by atoms with Crippen molar-refractivity contribution in [3.8, 4) is 28.1 Å². The Morgan fingerprint density at radius 3 is 2.27 bits per heavy atom. The molecule has 0 aliphatic heterocycles. The molecule has 1 amide bonds. The Labute approximate surface area is 260 Å². The Hall–Kier alpha value is -4.88. The quantitative estimate of drug-likeness (QED) is 0.143. The maximum atomic E-state index is 13.1. The maximum Gasteiger partial charge on any atom is 0.490 e. The van der Waals surface area contributed by atoms with E-state index in [2.05, 4.69) is 15.5 Å². The number of alkyl halides is 3. The summed E-state index contributed by atoms with van der Waals surface area (Å²) in [5.41, 5.74) is 3.93. The number of phenolic OH excluding ortho intramolecular Hbond substituents is 1. The zero-order valence-electron chi connectivity index (χ0n) is 23.7. The summed E-state index contributed by atoms with van der Waals surface area (Å²) in [6.07, 6.45) is -6.16. The van der Waals surface area contributed by atoms with Crippen LogP contribution in [0, 0.1) is 0 Å². The van der Waals surface area contributed by atoms with E-state index in [9.17, 15) is 33.0 Å². The summed E-state index contributed by atoms with van der Waals surface area (Å²) in [6.45, 7) is 1.80. The Balaban J connectivity index is 0.000000707. The lowest BCUT2D eigenvalue weighted by molar-refractivity contribution is -0.192. The van der Waals surface area contributed by atoms with E-state index < -0.39 is 36.2 Å². The normalized spacial score (nSPS) is 12.3. The zero-order chi connectivity index (χ0) is 33.1. The molecule has 1 aromatic heterocycles. The number of aliphatic hydroxyl groups is 1. The molecule has 4 rings (SSSR count). The molecule has 238 valence electrons. The number of aromatic nitrogens is 2. The van der Waals surface area contributed by atoms with Gasteiger partial charge >= 0.3 is 18.1 Å². The summed E-state index contributed by atoms with van der Waals surface area (Å²) >= 11 is 6.11. The van der Waals surface area contributed by atoms with Gasteiger partial charge in [-0.15, -0.1) is 0 Å². The number of ether oxygens (including phenoxy) is 1. The van der Waals surface area contributed by atoms with Crippen LogP contribution in [0.5, 0.6) is 5.75 Å². The molecule has 45 heavy (non-hydrogen) atoms. The van der Waals surface area contributed by atoms with Crippen LogP contribution in [0.2, 0.25) is 5.02 Å². The molecule has 2 atom stereocenters. The molecule has 1 heterocycles. The minimum Gasteiger partial charge on any atom is -0.507 e. The van der Waals surface area contributed by atoms with Gasteiger partial charge in [-0.2, -0.15) is 18.3 Å². The van der Waals surface area contributed by atoms with Gasteiger partial charge in [0, 0.05) is 23.0 Å². The van der Waals surface area contributed by atoms with Crippen molar-refractivity contribution < 1.29 is 47.6 Å². The highest BCUT2D eigenvalue weighted by atomic mass is 35.5. The fourth-order valence-electron chi connectivity index (χ4n) is 4.11. The van der Waals surface area contributed by atoms with Crippen molar-refractivity contribution in [1.29, 1.82) is 0 Å². The molecular formula is C31H29ClF3N3O7. The molecule has 10 nitrogen and oxygen atoms in total. The summed E-state index contributed by atoms with van der Waals surface area (Å²) in [6, 6.07) is 22.9. The number of carboxylic acids is 1. The van der Waals surface area contributed by atoms with Crippen molar-refractivity contribution >= 4 is 29.4 Å². The first-order chi connectivity index (χ1) is 21.3. The summed E-state index contributed by atoms with van der Waals surface area (Å²) in [5, 5.41) is 38.0. The fraction of sp³-hybridized carbons (Fsp3) is 0.226. The largest absolute Gasteiger partial charge is 0.507 e. The lowest BCUT2D eigenvalue weighted by Crippen LogP contribution is -2.41. The standard InChI is InChI=1S/C29H28ClN3O5.C2HF3O2/c1-2-38-29(37)27(35)16-22(14-18-10-12-19(13-11-18)20-6-5-7-21(30)15-20)31-28(36)25-17-24(32-33-25)23-8-3-4-9-26(23)34;3-2(4,5)1(6)7/h3-13,15,17,22,27,34-35H,2,14,16H2,1H3,(H,31,36)(H,32,33);(H,6,7)/t22-,27-;/m1./s1. The SMILES string of the molecule is CCOC(=O)[C@H](O)C[C@@H](Cc1ccc(-c2cccc(Cl)c2)cc1)NC(=O)c1cc(-c2ccccc2O)n[nH]1.O=C(O)C(F)(F)F. The number of H-pyrrole nitrogens is 1. The van der Waals surface area contributed by atoms with Gasteiger partial charge in [0.05, 0.1) is 12.3 Å². The molecule has 0 radical (unpaired) electrons. The van der Waals surface area contributed by atoms with E-state index >= 15 is 0 Å². The number of carbonyl (C=O) groups excluding carboxylic acids is 2. The van der Waals surface area contributed by atoms with Gasteiger partial charge in [0.2, 0.25) is 0 Å². The number of aromatic hydroxyl groups is 1. The van der Waals surface area contributed by atoms with E-state index in [1.54, 1.807) is 25.1 Å². The van der Waals surface area contributed by atoms with Crippen molar-refractivity contribution in [2.45, 2.75) is 38.1 Å². The highest BCUT2D eigenvalue weighted by Gasteiger charge is 2.38. The maximum absolute atomic E-state index is 13.1. The van der Waals surface area contributed by atoms with Crippen LogP contribution in [0.25, 0.3) is 22.4 Å². The molecule has 4 aromatic rings. The van der Waals surface area contributed by atoms with Crippen LogP contribution in [0.15, 0.2) is 78.9 Å². The molecule has 3 aromatic carbocycles. The average Bonchev–Trinajstić information content (AvgIpc) is 3.48. The third-order valence-corrected chi connectivity index (χ3v) is 6.48. The van der Waals surface area contributed by atoms with Crippen LogP contribution in [-0.4, -0.2) is 68.3 Å². The van der Waals surface area contributed by atoms with E-state index in [1.807, 2.05) is 48.5 Å². The van der Waals surface area contributed by atoms with E-state index in [-0.39, 0.29) is 24.5 Å². The number of amides is 1. The molecule has 0 bridgehead atoms. The molecular weight excluding hydrogens is 619 g/mol. The van der Waals surface area contributed by atoms with Gasteiger partial charge in [0.15, 0.2) is 6.10 Å². The summed E-state index contributed by atoms with van der Waals surface area (Å²) in [4.78, 5) is 34.0. The number of benzene rings is 3. The summed E-state index contributed by atoms with van der Waals surface area (Å²) in [5.74, 6) is -3.92. The minimum absolute atomic E-state index is 0.0406. The first-order valence-corrected chi connectivity index (χ1v) is 13.8. The Bertz CT molecular complexity index is 1610. The predicted octanol–water partition coefficient (Wildman–Crippen LogP) is 5.39. The molecule has 0 fully saturated rings. The van der Waals surface area contributed by atoms with Crippen molar-refractivity contribution in [3.05, 3.63) is 95.1 Å². The number of halogens is 4. The number of aliphatic hydroxyl groups excluding tert-OH is 1. The number of esters is 1. The highest BCUT2D eigenvalue weighted by molar-refractivity contribution is 6.30. The van der Waals surface area contributed by atoms with Gasteiger partial charge in [-0.05, 0) is 60.4 Å². The number of phenols is 1. The van der Waals surface area contributed by atoms with E-state index in [0.717, 1.165) is 16.7 Å². The van der Waals surface area contributed by atoms with Crippen molar-refractivity contribution in [2.24, 2.45) is 0 Å². The lowest BCUT2D eigenvalue weighted by Gasteiger charge is -2.21. The fourth-order valence-corrected chi connectivity index (χ4v) is 4.30. The molecule has 0 saturated heterocycles. The number of hydrogen-bond acceptors (Lipinski definition) is 7. The number of hydrogen-bond donors (Lipinski definition) is 5. The van der Waals surface area contributed by atoms with E-state index in [4.69, 9.17) is 26.2 Å². The predicted molar refractivity (Wildman–Crippen MR) is 158 cm³/mol. The van der Waals surface area contributed by atoms with Gasteiger partial charge < -0.3 is 25.4 Å². The second kappa shape index (κ2) is 15.7. The second-order valence-electron chi connectivity index (χ2n) is 9.57. The third kappa shape index (κ3) is 10.4. The third-order valence-electron chi connectivity index (χ3n) is 6.24. The number of para-hydroxylation sites is 1. The molecule has 14 heteroatoms. The molecule has 0 spiro atoms. The summed E-state index contributed by atoms with van der Waals surface area (Å²) in [7, 11) is 0. The van der Waals surface area contributed by atoms with E-state index in [1.165, 1.54) is 12.1 Å². The monoisotopic (exact) mass is 647 g/mol. The molecule has 0 unspecified atom stereocenters. The number of rotatable bonds is 10. The van der Waals surface area contributed by atoms with Crippen molar-refractivity contribution in [2.75, 3.05) is 6.61 Å². The minimum atomic E-state index is -5.08. The number of carbonyl (C=O) groups is 3. The van der Waals surface area contributed by atoms with Gasteiger partial charge in [-0.1, -0.05) is 60.1 Å². The number of aromatic amines is 1. The topological polar surface area (TPSA) is 162 Å². The number of carboxylic acid groups (broad SMARTS) is 1. The first kappa shape index (κ1) is 34.6. The van der Waals surface area contributed by atoms with Crippen LogP contribution >= 0.6 is 11.6 Å². The Morgan fingerprint density at radius 2 is 1.67 bits per heavy atom. The molecule has 0 aliphatic carbocycles. The van der Waals surface area contributed by atoms with Crippen LogP contribution in [0.4, 0.5) is 13.2 Å². The van der Waals surface area contributed by atoms with E-state index in [0.29, 0.717) is 22.7 Å². The van der Waals surface area contributed by atoms with Crippen molar-refractivity contribution in [3.63, 3.8) is 0 Å². The molecule has 0 saturated carbocycles. The number of nitrogens with one attached hydrogen (secondary N) is 2. The second-order valence-corrected chi connectivity index (χ2v) is 10.0. The first-order valence-electron chi connectivity index (χ1n) is 13.4. The zero-order valence-corrected chi connectivity index (χ0v) is 24.5. The van der Waals surface area contributed by atoms with Gasteiger partial charge in [0.25, 0.3) is 5.91 Å². The van der Waals surface area contributed by atoms with Crippen molar-refractivity contribution in [1.82, 2.24) is 15.5 Å². The highest BCUT2D eigenvalue weighted by Crippen LogP contribution is 2.27. The van der Waals surface area contributed by atoms with Crippen LogP contribution in [0.1, 0.15) is 29.4 Å². The Kier molecular flexibility index (Phi) is 12.1. The van der Waals surface area contributed by atoms with Crippen LogP contribution in [0.3, 0.4) is 0 Å². The van der Waals surface area contributed by atoms with Gasteiger partial charge in [-0.3, -0.25) is 9.89 Å². The average molecular weight is 648 g/mol. The van der Waals surface area contributed by atoms with Crippen LogP contribution in [-0.2, 0) is 20.7 Å². The summed E-state index contributed by atoms with van der Waals surface area (Å²) < 4.78 is 36.7. The van der Waals surface area contributed by atoms with Gasteiger partial charge in [0.1, 0.15) is 11.4 Å². The van der Waals surface area contributed by atoms with Crippen LogP contribution < -0.4 is 5.32 Å². The molecule has 5 N–H and O–H groups in total. The smallest absolute Gasteiger partial charge is 0.490 e. The lowest BCUT2D eigenvalue weighted by atomic mass is 9.97. The number of aliphatic carboxylic acids is 1. The number of nitrogens with zero attached hydrogens (tertiary/aromatic N) is 1. The molecule has 0 aliphatic rings. The van der Waals surface area contributed by atoms with Gasteiger partial charge in [-0.25, -0.2) is 9.59 Å². The Morgan fingerprint density at radius 1 is 1.00 bits per heavy atom.